The van der Waals surface area contributed by atoms with Gasteiger partial charge in [0.25, 0.3) is 0 Å². The van der Waals surface area contributed by atoms with Gasteiger partial charge >= 0.3 is 5.97 Å². The van der Waals surface area contributed by atoms with Crippen LogP contribution in [0, 0.1) is 11.8 Å². The SMILES string of the molecule is O=C(O)C1CC(C(=O)NC(c2ccc(Cl)cc2)c2ccsc2)C1. The van der Waals surface area contributed by atoms with Crippen LogP contribution >= 0.6 is 22.9 Å². The number of carbonyl (C=O) groups excluding carboxylic acids is 1. The summed E-state index contributed by atoms with van der Waals surface area (Å²) in [6, 6.07) is 9.12. The lowest BCUT2D eigenvalue weighted by Crippen LogP contribution is -2.42. The van der Waals surface area contributed by atoms with Crippen molar-refractivity contribution < 1.29 is 14.7 Å². The smallest absolute Gasteiger partial charge is 0.306 e. The number of thiophene rings is 1. The maximum Gasteiger partial charge on any atom is 0.306 e. The molecule has 1 fully saturated rings. The van der Waals surface area contributed by atoms with E-state index >= 15 is 0 Å². The van der Waals surface area contributed by atoms with E-state index in [2.05, 4.69) is 5.32 Å². The van der Waals surface area contributed by atoms with Gasteiger partial charge in [0.1, 0.15) is 0 Å². The fourth-order valence-corrected chi connectivity index (χ4v) is 3.56. The molecule has 0 spiro atoms. The second kappa shape index (κ2) is 6.72. The molecule has 0 radical (unpaired) electrons. The van der Waals surface area contributed by atoms with Crippen molar-refractivity contribution in [3.8, 4) is 0 Å². The Morgan fingerprint density at radius 3 is 2.39 bits per heavy atom. The lowest BCUT2D eigenvalue weighted by molar-refractivity contribution is -0.148. The molecule has 1 aliphatic rings. The van der Waals surface area contributed by atoms with Gasteiger partial charge in [-0.3, -0.25) is 9.59 Å². The summed E-state index contributed by atoms with van der Waals surface area (Å²) in [5, 5.41) is 16.6. The highest BCUT2D eigenvalue weighted by Gasteiger charge is 2.39. The average Bonchev–Trinajstić information content (AvgIpc) is 2.97. The molecule has 6 heteroatoms. The van der Waals surface area contributed by atoms with E-state index in [0.717, 1.165) is 11.1 Å². The first-order chi connectivity index (χ1) is 11.0. The lowest BCUT2D eigenvalue weighted by atomic mass is 9.74. The standard InChI is InChI=1S/C17H16ClNO3S/c18-14-3-1-10(2-4-14)15(11-5-6-23-9-11)19-16(20)12-7-13(8-12)17(21)22/h1-6,9,12-13,15H,7-8H2,(H,19,20)(H,21,22). The quantitative estimate of drug-likeness (QED) is 0.864. The van der Waals surface area contributed by atoms with Crippen LogP contribution in [0.2, 0.25) is 5.02 Å². The minimum absolute atomic E-state index is 0.0892. The van der Waals surface area contributed by atoms with E-state index in [0.29, 0.717) is 17.9 Å². The molecule has 1 unspecified atom stereocenters. The van der Waals surface area contributed by atoms with Crippen LogP contribution in [0.3, 0.4) is 0 Å². The van der Waals surface area contributed by atoms with Crippen LogP contribution in [0.4, 0.5) is 0 Å². The van der Waals surface area contributed by atoms with Crippen LogP contribution in [0.5, 0.6) is 0 Å². The summed E-state index contributed by atoms with van der Waals surface area (Å²) < 4.78 is 0. The summed E-state index contributed by atoms with van der Waals surface area (Å²) in [5.41, 5.74) is 1.97. The lowest BCUT2D eigenvalue weighted by Gasteiger charge is -2.32. The van der Waals surface area contributed by atoms with Gasteiger partial charge in [0, 0.05) is 10.9 Å². The molecule has 3 rings (SSSR count). The predicted molar refractivity (Wildman–Crippen MR) is 89.6 cm³/mol. The van der Waals surface area contributed by atoms with E-state index in [1.165, 1.54) is 0 Å². The first kappa shape index (κ1) is 16.0. The van der Waals surface area contributed by atoms with Crippen molar-refractivity contribution in [3.05, 3.63) is 57.2 Å². The molecular weight excluding hydrogens is 334 g/mol. The van der Waals surface area contributed by atoms with Gasteiger partial charge in [-0.2, -0.15) is 11.3 Å². The van der Waals surface area contributed by atoms with Gasteiger partial charge < -0.3 is 10.4 Å². The van der Waals surface area contributed by atoms with Crippen molar-refractivity contribution in [2.45, 2.75) is 18.9 Å². The second-order valence-corrected chi connectivity index (χ2v) is 6.97. The molecule has 2 N–H and O–H groups in total. The molecule has 0 aliphatic heterocycles. The maximum atomic E-state index is 12.4. The number of carboxylic acid groups (broad SMARTS) is 1. The Morgan fingerprint density at radius 2 is 1.83 bits per heavy atom. The number of nitrogens with one attached hydrogen (secondary N) is 1. The number of hydrogen-bond donors (Lipinski definition) is 2. The summed E-state index contributed by atoms with van der Waals surface area (Å²) >= 11 is 7.50. The van der Waals surface area contributed by atoms with Crippen LogP contribution in [-0.2, 0) is 9.59 Å². The van der Waals surface area contributed by atoms with Crippen LogP contribution in [0.25, 0.3) is 0 Å². The third-order valence-electron chi connectivity index (χ3n) is 4.22. The Hall–Kier alpha value is -1.85. The van der Waals surface area contributed by atoms with E-state index in [1.807, 2.05) is 29.0 Å². The summed E-state index contributed by atoms with van der Waals surface area (Å²) in [7, 11) is 0. The Balaban J connectivity index is 1.74. The number of rotatable bonds is 5. The van der Waals surface area contributed by atoms with Crippen molar-refractivity contribution in [1.29, 1.82) is 0 Å². The zero-order chi connectivity index (χ0) is 16.4. The van der Waals surface area contributed by atoms with Gasteiger partial charge in [-0.25, -0.2) is 0 Å². The summed E-state index contributed by atoms with van der Waals surface area (Å²) in [6.07, 6.45) is 0.830. The molecule has 1 amide bonds. The van der Waals surface area contributed by atoms with Crippen molar-refractivity contribution in [3.63, 3.8) is 0 Å². The maximum absolute atomic E-state index is 12.4. The third kappa shape index (κ3) is 3.57. The molecule has 23 heavy (non-hydrogen) atoms. The topological polar surface area (TPSA) is 66.4 Å². The van der Waals surface area contributed by atoms with Crippen molar-refractivity contribution in [2.24, 2.45) is 11.8 Å². The number of halogens is 1. The number of amides is 1. The number of carbonyl (C=O) groups is 2. The van der Waals surface area contributed by atoms with E-state index in [9.17, 15) is 9.59 Å². The summed E-state index contributed by atoms with van der Waals surface area (Å²) in [5.74, 6) is -1.51. The van der Waals surface area contributed by atoms with E-state index < -0.39 is 5.97 Å². The molecule has 120 valence electrons. The Morgan fingerprint density at radius 1 is 1.13 bits per heavy atom. The molecule has 1 heterocycles. The number of benzene rings is 1. The van der Waals surface area contributed by atoms with Crippen molar-refractivity contribution >= 4 is 34.8 Å². The van der Waals surface area contributed by atoms with E-state index in [-0.39, 0.29) is 23.8 Å². The van der Waals surface area contributed by atoms with Gasteiger partial charge in [-0.05, 0) is 52.9 Å². The molecule has 0 saturated heterocycles. The normalized spacial score (nSPS) is 21.3. The largest absolute Gasteiger partial charge is 0.481 e. The molecule has 4 nitrogen and oxygen atoms in total. The zero-order valence-electron chi connectivity index (χ0n) is 12.2. The van der Waals surface area contributed by atoms with Crippen molar-refractivity contribution in [1.82, 2.24) is 5.32 Å². The molecule has 1 atom stereocenters. The number of aliphatic carboxylic acids is 1. The molecular formula is C17H16ClNO3S. The van der Waals surface area contributed by atoms with E-state index in [1.54, 1.807) is 23.5 Å². The Bertz CT molecular complexity index is 693. The van der Waals surface area contributed by atoms with Crippen LogP contribution in [-0.4, -0.2) is 17.0 Å². The third-order valence-corrected chi connectivity index (χ3v) is 5.18. The molecule has 0 bridgehead atoms. The molecule has 1 aliphatic carbocycles. The summed E-state index contributed by atoms with van der Waals surface area (Å²) in [4.78, 5) is 23.3. The highest BCUT2D eigenvalue weighted by atomic mass is 35.5. The van der Waals surface area contributed by atoms with Gasteiger partial charge in [0.15, 0.2) is 0 Å². The van der Waals surface area contributed by atoms with Gasteiger partial charge in [-0.1, -0.05) is 23.7 Å². The first-order valence-corrected chi connectivity index (χ1v) is 8.67. The second-order valence-electron chi connectivity index (χ2n) is 5.75. The van der Waals surface area contributed by atoms with Crippen LogP contribution < -0.4 is 5.32 Å². The Labute approximate surface area is 143 Å². The molecule has 1 aromatic carbocycles. The zero-order valence-corrected chi connectivity index (χ0v) is 13.8. The minimum atomic E-state index is -0.818. The highest BCUT2D eigenvalue weighted by molar-refractivity contribution is 7.08. The highest BCUT2D eigenvalue weighted by Crippen LogP contribution is 2.35. The van der Waals surface area contributed by atoms with Crippen LogP contribution in [0.1, 0.15) is 30.0 Å². The van der Waals surface area contributed by atoms with E-state index in [4.69, 9.17) is 16.7 Å². The monoisotopic (exact) mass is 349 g/mol. The predicted octanol–water partition coefficient (Wildman–Crippen LogP) is 3.72. The molecule has 1 saturated carbocycles. The first-order valence-electron chi connectivity index (χ1n) is 7.35. The summed E-state index contributed by atoms with van der Waals surface area (Å²) in [6.45, 7) is 0. The number of carboxylic acids is 1. The minimum Gasteiger partial charge on any atom is -0.481 e. The van der Waals surface area contributed by atoms with Crippen molar-refractivity contribution in [2.75, 3.05) is 0 Å². The van der Waals surface area contributed by atoms with Gasteiger partial charge in [0.2, 0.25) is 5.91 Å². The molecule has 1 aromatic heterocycles. The van der Waals surface area contributed by atoms with Gasteiger partial charge in [-0.15, -0.1) is 0 Å². The molecule has 2 aromatic rings. The fraction of sp³-hybridized carbons (Fsp3) is 0.294. The number of hydrogen-bond acceptors (Lipinski definition) is 3. The van der Waals surface area contributed by atoms with Gasteiger partial charge in [0.05, 0.1) is 12.0 Å². The fourth-order valence-electron chi connectivity index (χ4n) is 2.75. The Kier molecular flexibility index (Phi) is 4.68. The van der Waals surface area contributed by atoms with Crippen LogP contribution in [0.15, 0.2) is 41.1 Å². The average molecular weight is 350 g/mol.